The molecule has 0 aromatic carbocycles. The van der Waals surface area contributed by atoms with Gasteiger partial charge in [-0.1, -0.05) is 0 Å². The fraction of sp³-hybridized carbons (Fsp3) is 0.714. The van der Waals surface area contributed by atoms with Gasteiger partial charge in [0.05, 0.1) is 6.20 Å². The molecule has 1 unspecified atom stereocenters. The summed E-state index contributed by atoms with van der Waals surface area (Å²) in [4.78, 5) is 17.9. The van der Waals surface area contributed by atoms with E-state index >= 15 is 0 Å². The molecule has 1 amide bonds. The number of oxazole rings is 1. The molecule has 0 saturated carbocycles. The topological polar surface area (TPSA) is 67.6 Å². The van der Waals surface area contributed by atoms with E-state index < -0.39 is 11.7 Å². The summed E-state index contributed by atoms with van der Waals surface area (Å²) in [6.45, 7) is 8.17. The number of hydrogen-bond acceptors (Lipinski definition) is 5. The van der Waals surface area contributed by atoms with Crippen LogP contribution in [-0.2, 0) is 11.2 Å². The number of hydrogen-bond donors (Lipinski definition) is 1. The number of carbonyl (C=O) groups excluding carboxylic acids is 1. The second-order valence-corrected chi connectivity index (χ2v) is 6.09. The maximum atomic E-state index is 11.7. The molecule has 1 N–H and O–H groups in total. The summed E-state index contributed by atoms with van der Waals surface area (Å²) in [5.74, 6) is 1.30. The Morgan fingerprint density at radius 1 is 1.50 bits per heavy atom. The van der Waals surface area contributed by atoms with Gasteiger partial charge in [0.15, 0.2) is 0 Å². The molecule has 1 rings (SSSR count). The van der Waals surface area contributed by atoms with Crippen LogP contribution >= 0.6 is 0 Å². The largest absolute Gasteiger partial charge is 0.444 e. The van der Waals surface area contributed by atoms with Crippen LogP contribution in [0.25, 0.3) is 0 Å². The van der Waals surface area contributed by atoms with E-state index in [1.165, 1.54) is 0 Å². The van der Waals surface area contributed by atoms with Gasteiger partial charge in [-0.25, -0.2) is 9.78 Å². The SMILES string of the molecule is CC(NC(=O)OC(C)(C)C)c1ncc(CCN(C)C)o1. The molecule has 1 aromatic heterocycles. The average Bonchev–Trinajstić information content (AvgIpc) is 2.71. The first-order valence-corrected chi connectivity index (χ1v) is 6.76. The van der Waals surface area contributed by atoms with Crippen molar-refractivity contribution in [1.82, 2.24) is 15.2 Å². The Balaban J connectivity index is 2.51. The minimum absolute atomic E-state index is 0.321. The fourth-order valence-corrected chi connectivity index (χ4v) is 1.52. The normalized spacial score (nSPS) is 13.3. The summed E-state index contributed by atoms with van der Waals surface area (Å²) in [5, 5.41) is 2.70. The molecule has 20 heavy (non-hydrogen) atoms. The lowest BCUT2D eigenvalue weighted by Gasteiger charge is -2.21. The van der Waals surface area contributed by atoms with Crippen molar-refractivity contribution in [1.29, 1.82) is 0 Å². The maximum Gasteiger partial charge on any atom is 0.408 e. The molecule has 1 atom stereocenters. The third-order valence-electron chi connectivity index (χ3n) is 2.48. The molecule has 0 fully saturated rings. The van der Waals surface area contributed by atoms with E-state index in [2.05, 4.69) is 15.2 Å². The maximum absolute atomic E-state index is 11.7. The zero-order valence-corrected chi connectivity index (χ0v) is 13.2. The number of alkyl carbamates (subject to hydrolysis) is 1. The average molecular weight is 283 g/mol. The third kappa shape index (κ3) is 6.06. The predicted octanol–water partition coefficient (Wildman–Crippen LogP) is 2.36. The van der Waals surface area contributed by atoms with E-state index in [0.717, 1.165) is 18.7 Å². The van der Waals surface area contributed by atoms with Crippen LogP contribution in [0.5, 0.6) is 0 Å². The van der Waals surface area contributed by atoms with Crippen LogP contribution in [0.4, 0.5) is 4.79 Å². The van der Waals surface area contributed by atoms with Crippen LogP contribution in [0.1, 0.15) is 45.4 Å². The van der Waals surface area contributed by atoms with Crippen molar-refractivity contribution in [2.75, 3.05) is 20.6 Å². The number of carbonyl (C=O) groups is 1. The minimum atomic E-state index is -0.517. The van der Waals surface area contributed by atoms with E-state index in [4.69, 9.17) is 9.15 Å². The second kappa shape index (κ2) is 6.74. The molecule has 6 nitrogen and oxygen atoms in total. The first-order valence-electron chi connectivity index (χ1n) is 6.76. The number of likely N-dealkylation sites (N-methyl/N-ethyl adjacent to an activating group) is 1. The van der Waals surface area contributed by atoms with E-state index in [1.54, 1.807) is 6.20 Å². The molecule has 0 aliphatic carbocycles. The summed E-state index contributed by atoms with van der Waals surface area (Å²) >= 11 is 0. The van der Waals surface area contributed by atoms with Gasteiger partial charge in [-0.15, -0.1) is 0 Å². The molecule has 0 aliphatic rings. The van der Waals surface area contributed by atoms with Crippen molar-refractivity contribution in [3.05, 3.63) is 17.8 Å². The monoisotopic (exact) mass is 283 g/mol. The molecule has 0 bridgehead atoms. The molecule has 114 valence electrons. The van der Waals surface area contributed by atoms with Crippen molar-refractivity contribution in [2.24, 2.45) is 0 Å². The van der Waals surface area contributed by atoms with Gasteiger partial charge in [0.25, 0.3) is 0 Å². The summed E-state index contributed by atoms with van der Waals surface area (Å²) in [6, 6.07) is -0.321. The standard InChI is InChI=1S/C14H25N3O3/c1-10(16-13(18)20-14(2,3)4)12-15-9-11(19-12)7-8-17(5)6/h9-10H,7-8H2,1-6H3,(H,16,18). The van der Waals surface area contributed by atoms with Gasteiger partial charge in [0.1, 0.15) is 17.4 Å². The van der Waals surface area contributed by atoms with Crippen molar-refractivity contribution < 1.29 is 13.9 Å². The lowest BCUT2D eigenvalue weighted by molar-refractivity contribution is 0.0500. The van der Waals surface area contributed by atoms with Gasteiger partial charge < -0.3 is 19.4 Å². The van der Waals surface area contributed by atoms with Crippen molar-refractivity contribution in [2.45, 2.75) is 45.8 Å². The molecule has 1 aromatic rings. The molecule has 0 aliphatic heterocycles. The second-order valence-electron chi connectivity index (χ2n) is 6.09. The predicted molar refractivity (Wildman–Crippen MR) is 76.5 cm³/mol. The van der Waals surface area contributed by atoms with Crippen LogP contribution in [0, 0.1) is 0 Å². The van der Waals surface area contributed by atoms with Gasteiger partial charge in [-0.3, -0.25) is 0 Å². The highest BCUT2D eigenvalue weighted by molar-refractivity contribution is 5.68. The molecule has 6 heteroatoms. The lowest BCUT2D eigenvalue weighted by atomic mass is 10.2. The van der Waals surface area contributed by atoms with Crippen molar-refractivity contribution in [3.63, 3.8) is 0 Å². The number of ether oxygens (including phenoxy) is 1. The molecule has 0 spiro atoms. The first-order chi connectivity index (χ1) is 9.17. The Labute approximate surface area is 120 Å². The molecular weight excluding hydrogens is 258 g/mol. The number of rotatable bonds is 5. The summed E-state index contributed by atoms with van der Waals surface area (Å²) in [7, 11) is 4.01. The highest BCUT2D eigenvalue weighted by Gasteiger charge is 2.20. The number of amides is 1. The Morgan fingerprint density at radius 3 is 2.70 bits per heavy atom. The van der Waals surface area contributed by atoms with Crippen LogP contribution < -0.4 is 5.32 Å². The Kier molecular flexibility index (Phi) is 5.56. The van der Waals surface area contributed by atoms with Crippen molar-refractivity contribution >= 4 is 6.09 Å². The van der Waals surface area contributed by atoms with E-state index in [-0.39, 0.29) is 6.04 Å². The number of nitrogens with zero attached hydrogens (tertiary/aromatic N) is 2. The van der Waals surface area contributed by atoms with Crippen LogP contribution in [0.2, 0.25) is 0 Å². The van der Waals surface area contributed by atoms with E-state index in [9.17, 15) is 4.79 Å². The highest BCUT2D eigenvalue weighted by Crippen LogP contribution is 2.14. The Morgan fingerprint density at radius 2 is 2.15 bits per heavy atom. The smallest absolute Gasteiger partial charge is 0.408 e. The zero-order chi connectivity index (χ0) is 15.3. The van der Waals surface area contributed by atoms with E-state index in [1.807, 2.05) is 41.8 Å². The zero-order valence-electron chi connectivity index (χ0n) is 13.2. The highest BCUT2D eigenvalue weighted by atomic mass is 16.6. The molecule has 1 heterocycles. The van der Waals surface area contributed by atoms with Crippen LogP contribution in [0.15, 0.2) is 10.6 Å². The molecule has 0 saturated heterocycles. The Bertz CT molecular complexity index is 435. The molecular formula is C14H25N3O3. The minimum Gasteiger partial charge on any atom is -0.444 e. The van der Waals surface area contributed by atoms with E-state index in [0.29, 0.717) is 5.89 Å². The quantitative estimate of drug-likeness (QED) is 0.898. The lowest BCUT2D eigenvalue weighted by Crippen LogP contribution is -2.34. The first kappa shape index (κ1) is 16.5. The van der Waals surface area contributed by atoms with Crippen LogP contribution in [0.3, 0.4) is 0 Å². The summed E-state index contributed by atoms with van der Waals surface area (Å²) < 4.78 is 10.8. The van der Waals surface area contributed by atoms with Gasteiger partial charge in [-0.2, -0.15) is 0 Å². The molecule has 0 radical (unpaired) electrons. The van der Waals surface area contributed by atoms with Crippen LogP contribution in [-0.4, -0.2) is 42.2 Å². The van der Waals surface area contributed by atoms with Gasteiger partial charge in [0, 0.05) is 13.0 Å². The van der Waals surface area contributed by atoms with Crippen molar-refractivity contribution in [3.8, 4) is 0 Å². The fourth-order valence-electron chi connectivity index (χ4n) is 1.52. The van der Waals surface area contributed by atoms with Gasteiger partial charge >= 0.3 is 6.09 Å². The summed E-state index contributed by atoms with van der Waals surface area (Å²) in [6.07, 6.45) is 2.02. The third-order valence-corrected chi connectivity index (χ3v) is 2.48. The summed E-state index contributed by atoms with van der Waals surface area (Å²) in [5.41, 5.74) is -0.517. The van der Waals surface area contributed by atoms with Gasteiger partial charge in [-0.05, 0) is 41.8 Å². The Hall–Kier alpha value is -1.56. The number of nitrogens with one attached hydrogen (secondary N) is 1. The van der Waals surface area contributed by atoms with Gasteiger partial charge in [0.2, 0.25) is 5.89 Å². The number of aromatic nitrogens is 1.